The molecule has 1 N–H and O–H groups in total. The van der Waals surface area contributed by atoms with Gasteiger partial charge in [0.1, 0.15) is 0 Å². The van der Waals surface area contributed by atoms with Crippen LogP contribution in [0.2, 0.25) is 0 Å². The molecule has 1 nitrogen and oxygen atoms in total. The molecule has 0 spiro atoms. The fraction of sp³-hybridized carbons (Fsp3) is 0.571. The van der Waals surface area contributed by atoms with Crippen molar-refractivity contribution in [3.8, 4) is 0 Å². The fourth-order valence-corrected chi connectivity index (χ4v) is 2.12. The van der Waals surface area contributed by atoms with Crippen LogP contribution in [0.1, 0.15) is 51.3 Å². The van der Waals surface area contributed by atoms with Gasteiger partial charge in [0.15, 0.2) is 0 Å². The molecule has 2 atom stereocenters. The Morgan fingerprint density at radius 1 is 1.13 bits per heavy atom. The molecule has 1 saturated heterocycles. The first-order valence-corrected chi connectivity index (χ1v) is 5.83. The topological polar surface area (TPSA) is 12.0 Å². The zero-order valence-corrected chi connectivity index (χ0v) is 10.2. The highest BCUT2D eigenvalue weighted by Crippen LogP contribution is 2.29. The maximum absolute atomic E-state index is 3.52. The summed E-state index contributed by atoms with van der Waals surface area (Å²) in [6.45, 7) is 9.00. The summed E-state index contributed by atoms with van der Waals surface area (Å²) in [6, 6.07) is 10.3. The van der Waals surface area contributed by atoms with Gasteiger partial charge in [-0.15, -0.1) is 0 Å². The SMILES string of the molecule is CC1CC(c2ccc(C(C)(C)C)cc2)N1. The highest BCUT2D eigenvalue weighted by molar-refractivity contribution is 5.30. The van der Waals surface area contributed by atoms with Crippen molar-refractivity contribution in [3.05, 3.63) is 35.4 Å². The van der Waals surface area contributed by atoms with E-state index in [2.05, 4.69) is 57.3 Å². The summed E-state index contributed by atoms with van der Waals surface area (Å²) < 4.78 is 0. The van der Waals surface area contributed by atoms with Crippen molar-refractivity contribution in [1.82, 2.24) is 5.32 Å². The van der Waals surface area contributed by atoms with Gasteiger partial charge < -0.3 is 5.32 Å². The zero-order valence-electron chi connectivity index (χ0n) is 10.2. The highest BCUT2D eigenvalue weighted by atomic mass is 15.0. The molecule has 0 amide bonds. The second-order valence-corrected chi connectivity index (χ2v) is 5.73. The van der Waals surface area contributed by atoms with Crippen molar-refractivity contribution in [2.45, 2.75) is 51.6 Å². The largest absolute Gasteiger partial charge is 0.307 e. The molecule has 1 heterocycles. The molecule has 1 fully saturated rings. The normalized spacial score (nSPS) is 26.1. The minimum atomic E-state index is 0.263. The van der Waals surface area contributed by atoms with Crippen LogP contribution in [-0.2, 0) is 5.41 Å². The molecule has 1 aliphatic rings. The molecule has 0 bridgehead atoms. The molecule has 0 aromatic heterocycles. The Morgan fingerprint density at radius 3 is 2.07 bits per heavy atom. The molecule has 0 radical (unpaired) electrons. The summed E-state index contributed by atoms with van der Waals surface area (Å²) in [7, 11) is 0. The van der Waals surface area contributed by atoms with Crippen molar-refractivity contribution in [2.75, 3.05) is 0 Å². The summed E-state index contributed by atoms with van der Waals surface area (Å²) in [5, 5.41) is 3.52. The number of benzene rings is 1. The van der Waals surface area contributed by atoms with Crippen LogP contribution in [0.3, 0.4) is 0 Å². The van der Waals surface area contributed by atoms with E-state index in [1.54, 1.807) is 0 Å². The first-order valence-electron chi connectivity index (χ1n) is 5.83. The van der Waals surface area contributed by atoms with Crippen molar-refractivity contribution in [3.63, 3.8) is 0 Å². The summed E-state index contributed by atoms with van der Waals surface area (Å²) >= 11 is 0. The second-order valence-electron chi connectivity index (χ2n) is 5.73. The first kappa shape index (κ1) is 10.7. The Kier molecular flexibility index (Phi) is 2.59. The molecule has 2 unspecified atom stereocenters. The minimum Gasteiger partial charge on any atom is -0.307 e. The average Bonchev–Trinajstić information content (AvgIpc) is 2.12. The lowest BCUT2D eigenvalue weighted by molar-refractivity contribution is 0.287. The number of rotatable bonds is 1. The van der Waals surface area contributed by atoms with Crippen LogP contribution in [0.25, 0.3) is 0 Å². The zero-order chi connectivity index (χ0) is 11.1. The molecule has 0 aliphatic carbocycles. The summed E-state index contributed by atoms with van der Waals surface area (Å²) in [6.07, 6.45) is 1.27. The summed E-state index contributed by atoms with van der Waals surface area (Å²) in [5.74, 6) is 0. The van der Waals surface area contributed by atoms with E-state index >= 15 is 0 Å². The van der Waals surface area contributed by atoms with E-state index in [4.69, 9.17) is 0 Å². The predicted molar refractivity (Wildman–Crippen MR) is 65.1 cm³/mol. The molecule has 82 valence electrons. The average molecular weight is 203 g/mol. The lowest BCUT2D eigenvalue weighted by atomic mass is 9.85. The number of nitrogens with one attached hydrogen (secondary N) is 1. The fourth-order valence-electron chi connectivity index (χ4n) is 2.12. The Balaban J connectivity index is 2.11. The second kappa shape index (κ2) is 3.64. The standard InChI is InChI=1S/C14H21N/c1-10-9-13(15-10)11-5-7-12(8-6-11)14(2,3)4/h5-8,10,13,15H,9H2,1-4H3. The van der Waals surface area contributed by atoms with Crippen molar-refractivity contribution < 1.29 is 0 Å². The van der Waals surface area contributed by atoms with Crippen molar-refractivity contribution in [1.29, 1.82) is 0 Å². The van der Waals surface area contributed by atoms with Crippen LogP contribution in [0.15, 0.2) is 24.3 Å². The smallest absolute Gasteiger partial charge is 0.0337 e. The van der Waals surface area contributed by atoms with Gasteiger partial charge in [0.25, 0.3) is 0 Å². The minimum absolute atomic E-state index is 0.263. The van der Waals surface area contributed by atoms with Gasteiger partial charge >= 0.3 is 0 Å². The first-order chi connectivity index (χ1) is 6.97. The summed E-state index contributed by atoms with van der Waals surface area (Å²) in [4.78, 5) is 0. The summed E-state index contributed by atoms with van der Waals surface area (Å²) in [5.41, 5.74) is 3.11. The van der Waals surface area contributed by atoms with Crippen LogP contribution in [-0.4, -0.2) is 6.04 Å². The van der Waals surface area contributed by atoms with Crippen LogP contribution in [0.4, 0.5) is 0 Å². The quantitative estimate of drug-likeness (QED) is 0.737. The van der Waals surface area contributed by atoms with Gasteiger partial charge in [0.05, 0.1) is 0 Å². The third kappa shape index (κ3) is 2.23. The third-order valence-corrected chi connectivity index (χ3v) is 3.25. The van der Waals surface area contributed by atoms with Gasteiger partial charge in [-0.1, -0.05) is 45.0 Å². The highest BCUT2D eigenvalue weighted by Gasteiger charge is 2.25. The van der Waals surface area contributed by atoms with E-state index in [0.29, 0.717) is 12.1 Å². The number of hydrogen-bond donors (Lipinski definition) is 1. The molecule has 15 heavy (non-hydrogen) atoms. The monoisotopic (exact) mass is 203 g/mol. The maximum Gasteiger partial charge on any atom is 0.0337 e. The molecule has 0 saturated carbocycles. The van der Waals surface area contributed by atoms with E-state index in [-0.39, 0.29) is 5.41 Å². The van der Waals surface area contributed by atoms with E-state index in [1.807, 2.05) is 0 Å². The predicted octanol–water partition coefficient (Wildman–Crippen LogP) is 3.41. The van der Waals surface area contributed by atoms with Gasteiger partial charge in [0, 0.05) is 12.1 Å². The van der Waals surface area contributed by atoms with Crippen LogP contribution in [0, 0.1) is 0 Å². The Labute approximate surface area is 92.9 Å². The third-order valence-electron chi connectivity index (χ3n) is 3.25. The lowest BCUT2D eigenvalue weighted by Gasteiger charge is -2.35. The Bertz CT molecular complexity index is 325. The van der Waals surface area contributed by atoms with E-state index in [1.165, 1.54) is 17.5 Å². The number of hydrogen-bond acceptors (Lipinski definition) is 1. The Hall–Kier alpha value is -0.820. The Morgan fingerprint density at radius 2 is 1.67 bits per heavy atom. The van der Waals surface area contributed by atoms with Gasteiger partial charge in [0.2, 0.25) is 0 Å². The van der Waals surface area contributed by atoms with E-state index < -0.39 is 0 Å². The molecule has 1 aliphatic heterocycles. The van der Waals surface area contributed by atoms with Gasteiger partial charge in [-0.3, -0.25) is 0 Å². The van der Waals surface area contributed by atoms with Gasteiger partial charge in [-0.2, -0.15) is 0 Å². The van der Waals surface area contributed by atoms with Crippen molar-refractivity contribution >= 4 is 0 Å². The molecular formula is C14H21N. The van der Waals surface area contributed by atoms with Crippen LogP contribution < -0.4 is 5.32 Å². The van der Waals surface area contributed by atoms with Crippen LogP contribution in [0.5, 0.6) is 0 Å². The van der Waals surface area contributed by atoms with Gasteiger partial charge in [-0.25, -0.2) is 0 Å². The van der Waals surface area contributed by atoms with Crippen molar-refractivity contribution in [2.24, 2.45) is 0 Å². The van der Waals surface area contributed by atoms with Crippen LogP contribution >= 0.6 is 0 Å². The molecule has 1 aromatic carbocycles. The molecule has 2 rings (SSSR count). The lowest BCUT2D eigenvalue weighted by Crippen LogP contribution is -2.43. The van der Waals surface area contributed by atoms with Gasteiger partial charge in [-0.05, 0) is 29.9 Å². The maximum atomic E-state index is 3.52. The molecule has 1 aromatic rings. The van der Waals surface area contributed by atoms with E-state index in [9.17, 15) is 0 Å². The molecule has 1 heteroatoms. The molecular weight excluding hydrogens is 182 g/mol. The van der Waals surface area contributed by atoms with E-state index in [0.717, 1.165) is 0 Å².